The second-order valence-corrected chi connectivity index (χ2v) is 4.15. The molecule has 0 heterocycles. The van der Waals surface area contributed by atoms with E-state index in [2.05, 4.69) is 49.1 Å². The Morgan fingerprint density at radius 1 is 1.19 bits per heavy atom. The first-order valence-corrected chi connectivity index (χ1v) is 6.35. The maximum atomic E-state index is 5.89. The molecule has 2 N–H and O–H groups in total. The van der Waals surface area contributed by atoms with E-state index in [0.29, 0.717) is 6.04 Å². The van der Waals surface area contributed by atoms with Gasteiger partial charge < -0.3 is 10.6 Å². The highest BCUT2D eigenvalue weighted by molar-refractivity contribution is 5.47. The van der Waals surface area contributed by atoms with Gasteiger partial charge in [0.25, 0.3) is 0 Å². The molecule has 0 fully saturated rings. The van der Waals surface area contributed by atoms with Crippen LogP contribution < -0.4 is 10.6 Å². The van der Waals surface area contributed by atoms with Gasteiger partial charge in [0.15, 0.2) is 0 Å². The summed E-state index contributed by atoms with van der Waals surface area (Å²) < 4.78 is 0. The van der Waals surface area contributed by atoms with Crippen molar-refractivity contribution in [2.24, 2.45) is 5.73 Å². The Balaban J connectivity index is 2.71. The molecule has 1 aromatic rings. The van der Waals surface area contributed by atoms with Crippen LogP contribution in [-0.4, -0.2) is 19.1 Å². The first-order chi connectivity index (χ1) is 7.83. The largest absolute Gasteiger partial charge is 0.368 e. The van der Waals surface area contributed by atoms with Gasteiger partial charge in [0.05, 0.1) is 0 Å². The zero-order valence-electron chi connectivity index (χ0n) is 10.5. The molecule has 1 aromatic carbocycles. The summed E-state index contributed by atoms with van der Waals surface area (Å²) in [7, 11) is 0. The summed E-state index contributed by atoms with van der Waals surface area (Å²) in [5.74, 6) is 0. The van der Waals surface area contributed by atoms with Gasteiger partial charge in [0, 0.05) is 24.8 Å². The molecule has 0 bridgehead atoms. The molecule has 1 rings (SSSR count). The van der Waals surface area contributed by atoms with Crippen LogP contribution >= 0.6 is 0 Å². The molecule has 90 valence electrons. The number of unbranched alkanes of at least 4 members (excludes halogenated alkanes) is 1. The van der Waals surface area contributed by atoms with Crippen LogP contribution in [0.2, 0.25) is 0 Å². The Bertz CT molecular complexity index is 271. The van der Waals surface area contributed by atoms with Crippen molar-refractivity contribution in [1.82, 2.24) is 0 Å². The molecule has 0 aliphatic heterocycles. The fourth-order valence-electron chi connectivity index (χ4n) is 2.11. The lowest BCUT2D eigenvalue weighted by atomic mass is 10.1. The summed E-state index contributed by atoms with van der Waals surface area (Å²) in [6.07, 6.45) is 3.68. The molecular weight excluding hydrogens is 196 g/mol. The fraction of sp³-hybridized carbons (Fsp3) is 0.571. The Labute approximate surface area is 99.5 Å². The summed E-state index contributed by atoms with van der Waals surface area (Å²) in [6.45, 7) is 6.19. The van der Waals surface area contributed by atoms with Gasteiger partial charge in [0.1, 0.15) is 0 Å². The van der Waals surface area contributed by atoms with Crippen LogP contribution in [0.3, 0.4) is 0 Å². The highest BCUT2D eigenvalue weighted by Crippen LogP contribution is 2.18. The van der Waals surface area contributed by atoms with Crippen LogP contribution in [0.5, 0.6) is 0 Å². The third-order valence-electron chi connectivity index (χ3n) is 3.03. The lowest BCUT2D eigenvalue weighted by molar-refractivity contribution is 0.540. The van der Waals surface area contributed by atoms with E-state index in [4.69, 9.17) is 5.73 Å². The summed E-state index contributed by atoms with van der Waals surface area (Å²) in [4.78, 5) is 2.41. The summed E-state index contributed by atoms with van der Waals surface area (Å²) >= 11 is 0. The van der Waals surface area contributed by atoms with Crippen LogP contribution in [0.25, 0.3) is 0 Å². The highest BCUT2D eigenvalue weighted by Gasteiger charge is 2.14. The number of hydrogen-bond acceptors (Lipinski definition) is 2. The second-order valence-electron chi connectivity index (χ2n) is 4.15. The Kier molecular flexibility index (Phi) is 5.94. The van der Waals surface area contributed by atoms with E-state index in [1.807, 2.05) is 0 Å². The van der Waals surface area contributed by atoms with Crippen LogP contribution in [0.15, 0.2) is 30.3 Å². The van der Waals surface area contributed by atoms with Crippen molar-refractivity contribution in [2.45, 2.75) is 39.2 Å². The minimum absolute atomic E-state index is 0.479. The van der Waals surface area contributed by atoms with E-state index in [1.165, 1.54) is 24.9 Å². The van der Waals surface area contributed by atoms with Gasteiger partial charge >= 0.3 is 0 Å². The van der Waals surface area contributed by atoms with Crippen LogP contribution in [0.1, 0.15) is 33.1 Å². The van der Waals surface area contributed by atoms with E-state index in [9.17, 15) is 0 Å². The topological polar surface area (TPSA) is 29.3 Å². The molecule has 1 atom stereocenters. The molecule has 0 aliphatic carbocycles. The fourth-order valence-corrected chi connectivity index (χ4v) is 2.11. The molecule has 0 saturated carbocycles. The van der Waals surface area contributed by atoms with E-state index in [0.717, 1.165) is 13.1 Å². The van der Waals surface area contributed by atoms with Crippen LogP contribution in [0, 0.1) is 0 Å². The number of para-hydroxylation sites is 1. The van der Waals surface area contributed by atoms with Crippen LogP contribution in [0.4, 0.5) is 5.69 Å². The average molecular weight is 220 g/mol. The quantitative estimate of drug-likeness (QED) is 0.765. The maximum Gasteiger partial charge on any atom is 0.0412 e. The monoisotopic (exact) mass is 220 g/mol. The van der Waals surface area contributed by atoms with Crippen molar-refractivity contribution in [3.8, 4) is 0 Å². The van der Waals surface area contributed by atoms with Crippen molar-refractivity contribution in [2.75, 3.05) is 18.0 Å². The van der Waals surface area contributed by atoms with Gasteiger partial charge in [-0.2, -0.15) is 0 Å². The highest BCUT2D eigenvalue weighted by atomic mass is 15.2. The molecule has 0 aliphatic rings. The molecule has 0 aromatic heterocycles. The van der Waals surface area contributed by atoms with Gasteiger partial charge in [-0.15, -0.1) is 0 Å². The minimum Gasteiger partial charge on any atom is -0.368 e. The Morgan fingerprint density at radius 3 is 2.38 bits per heavy atom. The van der Waals surface area contributed by atoms with Gasteiger partial charge in [-0.25, -0.2) is 0 Å². The van der Waals surface area contributed by atoms with Crippen molar-refractivity contribution in [3.63, 3.8) is 0 Å². The van der Waals surface area contributed by atoms with Crippen molar-refractivity contribution >= 4 is 5.69 Å². The van der Waals surface area contributed by atoms with Gasteiger partial charge in [-0.1, -0.05) is 38.0 Å². The number of likely N-dealkylation sites (N-methyl/N-ethyl adjacent to an activating group) is 1. The average Bonchev–Trinajstić information content (AvgIpc) is 2.35. The van der Waals surface area contributed by atoms with Gasteiger partial charge in [-0.05, 0) is 25.5 Å². The van der Waals surface area contributed by atoms with Crippen molar-refractivity contribution < 1.29 is 0 Å². The standard InChI is InChI=1S/C14H24N2/c1-3-5-9-14(12-15)16(4-2)13-10-7-6-8-11-13/h6-8,10-11,14H,3-5,9,12,15H2,1-2H3. The lowest BCUT2D eigenvalue weighted by Gasteiger charge is -2.32. The number of anilines is 1. The number of nitrogens with two attached hydrogens (primary N) is 1. The Hall–Kier alpha value is -1.02. The van der Waals surface area contributed by atoms with Crippen molar-refractivity contribution in [3.05, 3.63) is 30.3 Å². The molecular formula is C14H24N2. The summed E-state index contributed by atoms with van der Waals surface area (Å²) in [6, 6.07) is 11.0. The van der Waals surface area contributed by atoms with Gasteiger partial charge in [-0.3, -0.25) is 0 Å². The van der Waals surface area contributed by atoms with Crippen molar-refractivity contribution in [1.29, 1.82) is 0 Å². The second kappa shape index (κ2) is 7.29. The molecule has 0 saturated heterocycles. The van der Waals surface area contributed by atoms with E-state index < -0.39 is 0 Å². The smallest absolute Gasteiger partial charge is 0.0412 e. The third-order valence-corrected chi connectivity index (χ3v) is 3.03. The number of rotatable bonds is 7. The predicted molar refractivity (Wildman–Crippen MR) is 71.8 cm³/mol. The van der Waals surface area contributed by atoms with Crippen LogP contribution in [-0.2, 0) is 0 Å². The lowest BCUT2D eigenvalue weighted by Crippen LogP contribution is -2.40. The molecule has 2 heteroatoms. The number of hydrogen-bond donors (Lipinski definition) is 1. The van der Waals surface area contributed by atoms with E-state index in [-0.39, 0.29) is 0 Å². The van der Waals surface area contributed by atoms with E-state index >= 15 is 0 Å². The maximum absolute atomic E-state index is 5.89. The summed E-state index contributed by atoms with van der Waals surface area (Å²) in [5, 5.41) is 0. The zero-order valence-corrected chi connectivity index (χ0v) is 10.5. The molecule has 1 unspecified atom stereocenters. The first-order valence-electron chi connectivity index (χ1n) is 6.35. The summed E-state index contributed by atoms with van der Waals surface area (Å²) in [5.41, 5.74) is 7.17. The normalized spacial score (nSPS) is 12.4. The Morgan fingerprint density at radius 2 is 1.88 bits per heavy atom. The van der Waals surface area contributed by atoms with E-state index in [1.54, 1.807) is 0 Å². The number of nitrogens with zero attached hydrogens (tertiary/aromatic N) is 1. The minimum atomic E-state index is 0.479. The molecule has 0 radical (unpaired) electrons. The first kappa shape index (κ1) is 13.0. The molecule has 0 amide bonds. The SMILES string of the molecule is CCCCC(CN)N(CC)c1ccccc1. The molecule has 0 spiro atoms. The van der Waals surface area contributed by atoms with Gasteiger partial charge in [0.2, 0.25) is 0 Å². The third kappa shape index (κ3) is 3.53. The molecule has 2 nitrogen and oxygen atoms in total. The predicted octanol–water partition coefficient (Wildman–Crippen LogP) is 3.03. The zero-order chi connectivity index (χ0) is 11.8. The number of benzene rings is 1. The molecule has 16 heavy (non-hydrogen) atoms.